The van der Waals surface area contributed by atoms with Gasteiger partial charge in [0.15, 0.2) is 0 Å². The number of nitrogens with two attached hydrogens (primary N) is 2. The van der Waals surface area contributed by atoms with Crippen LogP contribution < -0.4 is 22.1 Å². The third kappa shape index (κ3) is 6.43. The summed E-state index contributed by atoms with van der Waals surface area (Å²) in [5.41, 5.74) is 12.9. The Hall–Kier alpha value is -4.17. The molecule has 0 aliphatic heterocycles. The lowest BCUT2D eigenvalue weighted by molar-refractivity contribution is -0.128. The Morgan fingerprint density at radius 2 is 1.50 bits per heavy atom. The van der Waals surface area contributed by atoms with Crippen molar-refractivity contribution in [1.29, 1.82) is 5.41 Å². The molecule has 0 saturated heterocycles. The molecule has 0 radical (unpaired) electrons. The zero-order valence-corrected chi connectivity index (χ0v) is 18.9. The second-order valence-electron chi connectivity index (χ2n) is 7.61. The average Bonchev–Trinajstić information content (AvgIpc) is 2.83. The van der Waals surface area contributed by atoms with Crippen LogP contribution in [0.4, 0.5) is 0 Å². The maximum Gasteiger partial charge on any atom is 0.252 e. The van der Waals surface area contributed by atoms with Crippen molar-refractivity contribution in [3.05, 3.63) is 106 Å². The van der Waals surface area contributed by atoms with Gasteiger partial charge in [0.1, 0.15) is 17.9 Å². The van der Waals surface area contributed by atoms with Gasteiger partial charge < -0.3 is 22.1 Å². The maximum absolute atomic E-state index is 13.2. The van der Waals surface area contributed by atoms with E-state index in [-0.39, 0.29) is 17.8 Å². The van der Waals surface area contributed by atoms with E-state index in [1.807, 2.05) is 0 Å². The summed E-state index contributed by atoms with van der Waals surface area (Å²) >= 11 is 5.91. The predicted octanol–water partition coefficient (Wildman–Crippen LogP) is 2.31. The zero-order chi connectivity index (χ0) is 24.7. The monoisotopic (exact) mass is 477 g/mol. The van der Waals surface area contributed by atoms with Crippen LogP contribution in [0.1, 0.15) is 33.1 Å². The number of primary amides is 1. The normalized spacial score (nSPS) is 12.3. The van der Waals surface area contributed by atoms with Crippen molar-refractivity contribution >= 4 is 35.2 Å². The minimum absolute atomic E-state index is 0.161. The largest absolute Gasteiger partial charge is 0.384 e. The standard InChI is InChI=1S/C25H24ClN5O3/c26-19-11-9-15(10-12-19)13-20(23(29)32)30-25(34)21(16-5-2-1-3-6-16)31-24(33)18-8-4-7-17(14-18)22(27)28/h1-12,14,20-21H,13H2,(H3,27,28)(H2,29,32)(H,30,34)(H,31,33)/t20-,21-/m1/s1. The van der Waals surface area contributed by atoms with Crippen LogP contribution in [0.3, 0.4) is 0 Å². The van der Waals surface area contributed by atoms with Crippen molar-refractivity contribution in [2.75, 3.05) is 0 Å². The Kier molecular flexibility index (Phi) is 8.00. The van der Waals surface area contributed by atoms with Gasteiger partial charge in [-0.15, -0.1) is 0 Å². The van der Waals surface area contributed by atoms with Crippen molar-refractivity contribution < 1.29 is 14.4 Å². The number of hydrogen-bond acceptors (Lipinski definition) is 4. The number of nitrogen functional groups attached to an aromatic ring is 1. The van der Waals surface area contributed by atoms with Crippen LogP contribution in [-0.4, -0.2) is 29.6 Å². The van der Waals surface area contributed by atoms with E-state index in [0.717, 1.165) is 5.56 Å². The Bertz CT molecular complexity index is 1200. The van der Waals surface area contributed by atoms with E-state index in [1.54, 1.807) is 72.8 Å². The van der Waals surface area contributed by atoms with Gasteiger partial charge in [-0.05, 0) is 35.4 Å². The number of amides is 3. The fraction of sp³-hybridized carbons (Fsp3) is 0.120. The topological polar surface area (TPSA) is 151 Å². The second-order valence-corrected chi connectivity index (χ2v) is 8.04. The number of carbonyl (C=O) groups excluding carboxylic acids is 3. The maximum atomic E-state index is 13.2. The van der Waals surface area contributed by atoms with Crippen molar-refractivity contribution in [3.63, 3.8) is 0 Å². The van der Waals surface area contributed by atoms with Gasteiger partial charge in [-0.25, -0.2) is 0 Å². The molecule has 0 aliphatic rings. The molecule has 174 valence electrons. The zero-order valence-electron chi connectivity index (χ0n) is 18.1. The summed E-state index contributed by atoms with van der Waals surface area (Å²) in [6.07, 6.45) is 0.161. The van der Waals surface area contributed by atoms with Gasteiger partial charge in [0, 0.05) is 22.6 Å². The molecule has 34 heavy (non-hydrogen) atoms. The van der Waals surface area contributed by atoms with Gasteiger partial charge in [0.25, 0.3) is 5.91 Å². The Labute approximate surface area is 201 Å². The van der Waals surface area contributed by atoms with Crippen molar-refractivity contribution in [3.8, 4) is 0 Å². The number of carbonyl (C=O) groups is 3. The van der Waals surface area contributed by atoms with E-state index < -0.39 is 29.8 Å². The van der Waals surface area contributed by atoms with Crippen molar-refractivity contribution in [2.45, 2.75) is 18.5 Å². The molecule has 3 aromatic rings. The fourth-order valence-corrected chi connectivity index (χ4v) is 3.45. The Morgan fingerprint density at radius 3 is 2.12 bits per heavy atom. The van der Waals surface area contributed by atoms with Gasteiger partial charge in [0.05, 0.1) is 0 Å². The molecule has 3 rings (SSSR count). The van der Waals surface area contributed by atoms with Crippen LogP contribution in [-0.2, 0) is 16.0 Å². The summed E-state index contributed by atoms with van der Waals surface area (Å²) in [4.78, 5) is 38.3. The van der Waals surface area contributed by atoms with Gasteiger partial charge in [-0.1, -0.05) is 66.2 Å². The quantitative estimate of drug-likeness (QED) is 0.237. The van der Waals surface area contributed by atoms with E-state index in [2.05, 4.69) is 10.6 Å². The van der Waals surface area contributed by atoms with Crippen LogP contribution >= 0.6 is 11.6 Å². The van der Waals surface area contributed by atoms with Crippen LogP contribution in [0.2, 0.25) is 5.02 Å². The first kappa shape index (κ1) is 24.5. The minimum Gasteiger partial charge on any atom is -0.384 e. The highest BCUT2D eigenvalue weighted by Crippen LogP contribution is 2.16. The van der Waals surface area contributed by atoms with Crippen LogP contribution in [0.5, 0.6) is 0 Å². The average molecular weight is 478 g/mol. The summed E-state index contributed by atoms with van der Waals surface area (Å²) in [5.74, 6) is -2.03. The van der Waals surface area contributed by atoms with Gasteiger partial charge >= 0.3 is 0 Å². The van der Waals surface area contributed by atoms with Crippen LogP contribution in [0.25, 0.3) is 0 Å². The molecule has 0 unspecified atom stereocenters. The lowest BCUT2D eigenvalue weighted by atomic mass is 10.0. The van der Waals surface area contributed by atoms with Crippen molar-refractivity contribution in [1.82, 2.24) is 10.6 Å². The molecule has 0 bridgehead atoms. The molecule has 7 N–H and O–H groups in total. The van der Waals surface area contributed by atoms with E-state index >= 15 is 0 Å². The molecular formula is C25H24ClN5O3. The summed E-state index contributed by atoms with van der Waals surface area (Å²) in [7, 11) is 0. The Balaban J connectivity index is 1.83. The molecule has 0 fully saturated rings. The number of amidine groups is 1. The summed E-state index contributed by atoms with van der Waals surface area (Å²) in [6, 6.07) is 19.6. The second kappa shape index (κ2) is 11.1. The molecule has 3 amide bonds. The number of hydrogen-bond donors (Lipinski definition) is 5. The molecular weight excluding hydrogens is 454 g/mol. The van der Waals surface area contributed by atoms with E-state index in [4.69, 9.17) is 28.5 Å². The number of benzene rings is 3. The third-order valence-corrected chi connectivity index (χ3v) is 5.37. The highest BCUT2D eigenvalue weighted by molar-refractivity contribution is 6.30. The number of halogens is 1. The molecule has 0 aliphatic carbocycles. The van der Waals surface area contributed by atoms with Gasteiger partial charge in [-0.3, -0.25) is 19.8 Å². The molecule has 0 spiro atoms. The molecule has 0 aromatic heterocycles. The summed E-state index contributed by atoms with van der Waals surface area (Å²) in [5, 5.41) is 13.5. The summed E-state index contributed by atoms with van der Waals surface area (Å²) < 4.78 is 0. The SMILES string of the molecule is N=C(N)c1cccc(C(=O)N[C@@H](C(=O)N[C@H](Cc2ccc(Cl)cc2)C(N)=O)c2ccccc2)c1. The molecule has 0 saturated carbocycles. The first-order chi connectivity index (χ1) is 16.2. The van der Waals surface area contributed by atoms with Crippen LogP contribution in [0, 0.1) is 5.41 Å². The lowest BCUT2D eigenvalue weighted by Gasteiger charge is -2.22. The lowest BCUT2D eigenvalue weighted by Crippen LogP contribution is -2.50. The van der Waals surface area contributed by atoms with E-state index in [0.29, 0.717) is 16.1 Å². The van der Waals surface area contributed by atoms with E-state index in [1.165, 1.54) is 6.07 Å². The Morgan fingerprint density at radius 1 is 0.853 bits per heavy atom. The van der Waals surface area contributed by atoms with Crippen LogP contribution in [0.15, 0.2) is 78.9 Å². The first-order valence-electron chi connectivity index (χ1n) is 10.4. The molecule has 2 atom stereocenters. The number of rotatable bonds is 9. The third-order valence-electron chi connectivity index (χ3n) is 5.12. The van der Waals surface area contributed by atoms with E-state index in [9.17, 15) is 14.4 Å². The number of nitrogens with one attached hydrogen (secondary N) is 3. The van der Waals surface area contributed by atoms with Crippen molar-refractivity contribution in [2.24, 2.45) is 11.5 Å². The highest BCUT2D eigenvalue weighted by Gasteiger charge is 2.27. The smallest absolute Gasteiger partial charge is 0.252 e. The highest BCUT2D eigenvalue weighted by atomic mass is 35.5. The minimum atomic E-state index is -1.10. The molecule has 8 nitrogen and oxygen atoms in total. The first-order valence-corrected chi connectivity index (χ1v) is 10.8. The predicted molar refractivity (Wildman–Crippen MR) is 130 cm³/mol. The molecule has 9 heteroatoms. The fourth-order valence-electron chi connectivity index (χ4n) is 3.32. The van der Waals surface area contributed by atoms with Gasteiger partial charge in [-0.2, -0.15) is 0 Å². The molecule has 0 heterocycles. The van der Waals surface area contributed by atoms with Gasteiger partial charge in [0.2, 0.25) is 11.8 Å². The summed E-state index contributed by atoms with van der Waals surface area (Å²) in [6.45, 7) is 0. The molecule has 3 aromatic carbocycles.